The Kier molecular flexibility index (Phi) is 5.38. The molecule has 3 N–H and O–H groups in total. The van der Waals surface area contributed by atoms with Crippen molar-refractivity contribution in [1.82, 2.24) is 10.3 Å². The van der Waals surface area contributed by atoms with Gasteiger partial charge in [-0.05, 0) is 53.8 Å². The minimum atomic E-state index is -0.127. The van der Waals surface area contributed by atoms with Crippen LogP contribution in [0.4, 0.5) is 11.5 Å². The Bertz CT molecular complexity index is 1130. The maximum atomic E-state index is 12.5. The van der Waals surface area contributed by atoms with Crippen LogP contribution in [-0.4, -0.2) is 22.5 Å². The van der Waals surface area contributed by atoms with Gasteiger partial charge in [-0.3, -0.25) is 4.79 Å². The van der Waals surface area contributed by atoms with Crippen LogP contribution >= 0.6 is 0 Å². The van der Waals surface area contributed by atoms with Crippen LogP contribution in [0.25, 0.3) is 10.8 Å². The van der Waals surface area contributed by atoms with E-state index in [1.807, 2.05) is 60.7 Å². The summed E-state index contributed by atoms with van der Waals surface area (Å²) >= 11 is 0. The fourth-order valence-electron chi connectivity index (χ4n) is 3.18. The van der Waals surface area contributed by atoms with Crippen molar-refractivity contribution in [1.29, 1.82) is 0 Å². The van der Waals surface area contributed by atoms with Gasteiger partial charge in [-0.1, -0.05) is 42.5 Å². The lowest BCUT2D eigenvalue weighted by atomic mass is 10.1. The van der Waals surface area contributed by atoms with Crippen molar-refractivity contribution < 1.29 is 9.90 Å². The molecule has 3 aromatic carbocycles. The summed E-state index contributed by atoms with van der Waals surface area (Å²) in [5, 5.41) is 17.7. The molecule has 1 aromatic heterocycles. The second-order valence-electron chi connectivity index (χ2n) is 6.76. The van der Waals surface area contributed by atoms with Crippen LogP contribution in [0.3, 0.4) is 0 Å². The minimum Gasteiger partial charge on any atom is -0.508 e. The summed E-state index contributed by atoms with van der Waals surface area (Å²) in [6.45, 7) is 0.520. The molecule has 0 fully saturated rings. The molecule has 29 heavy (non-hydrogen) atoms. The number of carbonyl (C=O) groups excluding carboxylic acids is 1. The molecular formula is C24H21N3O2. The van der Waals surface area contributed by atoms with Crippen molar-refractivity contribution >= 4 is 28.2 Å². The third-order valence-corrected chi connectivity index (χ3v) is 4.70. The topological polar surface area (TPSA) is 74.2 Å². The Morgan fingerprint density at radius 3 is 2.62 bits per heavy atom. The van der Waals surface area contributed by atoms with Gasteiger partial charge in [0.15, 0.2) is 0 Å². The number of phenolic OH excluding ortho intramolecular Hbond substituents is 1. The van der Waals surface area contributed by atoms with Crippen LogP contribution < -0.4 is 10.6 Å². The number of rotatable bonds is 6. The zero-order valence-electron chi connectivity index (χ0n) is 15.8. The monoisotopic (exact) mass is 383 g/mol. The average molecular weight is 383 g/mol. The van der Waals surface area contributed by atoms with Crippen LogP contribution in [0.2, 0.25) is 0 Å². The molecule has 0 aliphatic carbocycles. The molecule has 0 unspecified atom stereocenters. The number of anilines is 2. The quantitative estimate of drug-likeness (QED) is 0.453. The van der Waals surface area contributed by atoms with E-state index in [0.717, 1.165) is 27.8 Å². The van der Waals surface area contributed by atoms with Gasteiger partial charge >= 0.3 is 0 Å². The molecule has 0 aliphatic rings. The minimum absolute atomic E-state index is 0.127. The molecule has 1 heterocycles. The lowest BCUT2D eigenvalue weighted by molar-refractivity contribution is 0.0954. The van der Waals surface area contributed by atoms with Crippen LogP contribution in [0.5, 0.6) is 5.75 Å². The highest BCUT2D eigenvalue weighted by atomic mass is 16.3. The molecule has 0 saturated heterocycles. The van der Waals surface area contributed by atoms with Crippen molar-refractivity contribution in [3.8, 4) is 5.75 Å². The third-order valence-electron chi connectivity index (χ3n) is 4.70. The van der Waals surface area contributed by atoms with E-state index in [0.29, 0.717) is 18.5 Å². The number of carbonyl (C=O) groups is 1. The number of aromatic nitrogens is 1. The first-order chi connectivity index (χ1) is 14.2. The van der Waals surface area contributed by atoms with E-state index in [1.54, 1.807) is 24.4 Å². The van der Waals surface area contributed by atoms with Crippen LogP contribution in [0.15, 0.2) is 85.1 Å². The van der Waals surface area contributed by atoms with E-state index in [9.17, 15) is 9.90 Å². The zero-order chi connectivity index (χ0) is 20.1. The van der Waals surface area contributed by atoms with Gasteiger partial charge in [0, 0.05) is 29.4 Å². The lowest BCUT2D eigenvalue weighted by Gasteiger charge is -2.10. The summed E-state index contributed by atoms with van der Waals surface area (Å²) in [4.78, 5) is 16.9. The van der Waals surface area contributed by atoms with Gasteiger partial charge < -0.3 is 15.7 Å². The van der Waals surface area contributed by atoms with Crippen molar-refractivity contribution in [2.45, 2.75) is 6.42 Å². The summed E-state index contributed by atoms with van der Waals surface area (Å²) in [5.74, 6) is 0.870. The number of nitrogens with zero attached hydrogens (tertiary/aromatic N) is 1. The molecule has 0 aliphatic heterocycles. The number of aromatic hydroxyl groups is 1. The second kappa shape index (κ2) is 8.44. The third kappa shape index (κ3) is 4.52. The van der Waals surface area contributed by atoms with Gasteiger partial charge in [0.05, 0.1) is 0 Å². The number of nitrogens with one attached hydrogen (secondary N) is 2. The summed E-state index contributed by atoms with van der Waals surface area (Å²) in [6, 6.07) is 24.4. The van der Waals surface area contributed by atoms with E-state index in [2.05, 4.69) is 15.6 Å². The number of amides is 1. The Balaban J connectivity index is 1.42. The number of phenols is 1. The van der Waals surface area contributed by atoms with Gasteiger partial charge in [0.1, 0.15) is 11.6 Å². The molecule has 0 atom stereocenters. The SMILES string of the molecule is O=C(NCCc1ccc(O)cc1)c1cccc(Nc2nccc3ccccc23)c1. The van der Waals surface area contributed by atoms with E-state index in [-0.39, 0.29) is 11.7 Å². The molecule has 0 saturated carbocycles. The maximum Gasteiger partial charge on any atom is 0.251 e. The largest absolute Gasteiger partial charge is 0.508 e. The zero-order valence-corrected chi connectivity index (χ0v) is 15.8. The second-order valence-corrected chi connectivity index (χ2v) is 6.76. The molecule has 0 spiro atoms. The molecule has 0 radical (unpaired) electrons. The van der Waals surface area contributed by atoms with E-state index in [1.165, 1.54) is 0 Å². The molecule has 5 nitrogen and oxygen atoms in total. The van der Waals surface area contributed by atoms with Crippen LogP contribution in [-0.2, 0) is 6.42 Å². The summed E-state index contributed by atoms with van der Waals surface area (Å²) < 4.78 is 0. The standard InChI is InChI=1S/C24H21N3O2/c28-21-10-8-17(9-11-21)12-14-26-24(29)19-5-3-6-20(16-19)27-23-22-7-2-1-4-18(22)13-15-25-23/h1-11,13,15-16,28H,12,14H2,(H,25,27)(H,26,29). The number of benzene rings is 3. The Morgan fingerprint density at radius 2 is 1.76 bits per heavy atom. The fourth-order valence-corrected chi connectivity index (χ4v) is 3.18. The van der Waals surface area contributed by atoms with Crippen molar-refractivity contribution in [2.24, 2.45) is 0 Å². The Labute approximate surface area is 169 Å². The summed E-state index contributed by atoms with van der Waals surface area (Å²) in [7, 11) is 0. The summed E-state index contributed by atoms with van der Waals surface area (Å²) in [5.41, 5.74) is 2.45. The van der Waals surface area contributed by atoms with Gasteiger partial charge in [-0.25, -0.2) is 4.98 Å². The number of pyridine rings is 1. The summed E-state index contributed by atoms with van der Waals surface area (Å²) in [6.07, 6.45) is 2.47. The first kappa shape index (κ1) is 18.5. The van der Waals surface area contributed by atoms with E-state index < -0.39 is 0 Å². The average Bonchev–Trinajstić information content (AvgIpc) is 2.75. The predicted octanol–water partition coefficient (Wildman–Crippen LogP) is 4.66. The van der Waals surface area contributed by atoms with Gasteiger partial charge in [0.25, 0.3) is 5.91 Å². The van der Waals surface area contributed by atoms with Crippen LogP contribution in [0, 0.1) is 0 Å². The van der Waals surface area contributed by atoms with Gasteiger partial charge in [-0.2, -0.15) is 0 Å². The van der Waals surface area contributed by atoms with Gasteiger partial charge in [-0.15, -0.1) is 0 Å². The van der Waals surface area contributed by atoms with Crippen molar-refractivity contribution in [3.63, 3.8) is 0 Å². The molecule has 5 heteroatoms. The molecule has 4 rings (SSSR count). The molecule has 4 aromatic rings. The smallest absolute Gasteiger partial charge is 0.251 e. The maximum absolute atomic E-state index is 12.5. The number of hydrogen-bond acceptors (Lipinski definition) is 4. The number of fused-ring (bicyclic) bond motifs is 1. The highest BCUT2D eigenvalue weighted by molar-refractivity contribution is 5.96. The van der Waals surface area contributed by atoms with E-state index >= 15 is 0 Å². The first-order valence-electron chi connectivity index (χ1n) is 9.46. The molecule has 144 valence electrons. The lowest BCUT2D eigenvalue weighted by Crippen LogP contribution is -2.25. The van der Waals surface area contributed by atoms with Crippen LogP contribution in [0.1, 0.15) is 15.9 Å². The first-order valence-corrected chi connectivity index (χ1v) is 9.46. The highest BCUT2D eigenvalue weighted by Crippen LogP contribution is 2.24. The molecule has 0 bridgehead atoms. The molecular weight excluding hydrogens is 362 g/mol. The highest BCUT2D eigenvalue weighted by Gasteiger charge is 2.08. The van der Waals surface area contributed by atoms with Crippen molar-refractivity contribution in [2.75, 3.05) is 11.9 Å². The Hall–Kier alpha value is -3.86. The number of hydrogen-bond donors (Lipinski definition) is 3. The Morgan fingerprint density at radius 1 is 0.931 bits per heavy atom. The predicted molar refractivity (Wildman–Crippen MR) is 116 cm³/mol. The fraction of sp³-hybridized carbons (Fsp3) is 0.0833. The normalized spacial score (nSPS) is 10.6. The molecule has 1 amide bonds. The van der Waals surface area contributed by atoms with Gasteiger partial charge in [0.2, 0.25) is 0 Å². The van der Waals surface area contributed by atoms with E-state index in [4.69, 9.17) is 0 Å². The van der Waals surface area contributed by atoms with Crippen molar-refractivity contribution in [3.05, 3.63) is 96.2 Å².